The largest absolute Gasteiger partial charge is 0.433 e. The number of rotatable bonds is 3. The van der Waals surface area contributed by atoms with Crippen LogP contribution in [0.15, 0.2) is 24.3 Å². The lowest BCUT2D eigenvalue weighted by molar-refractivity contribution is -0.219. The van der Waals surface area contributed by atoms with Crippen molar-refractivity contribution < 1.29 is 27.8 Å². The van der Waals surface area contributed by atoms with Gasteiger partial charge in [0, 0.05) is 12.8 Å². The first-order chi connectivity index (χ1) is 9.78. The van der Waals surface area contributed by atoms with Gasteiger partial charge in [-0.3, -0.25) is 4.79 Å². The molecule has 3 nitrogen and oxygen atoms in total. The van der Waals surface area contributed by atoms with Crippen LogP contribution in [0.4, 0.5) is 13.2 Å². The van der Waals surface area contributed by atoms with Crippen molar-refractivity contribution in [3.05, 3.63) is 35.4 Å². The van der Waals surface area contributed by atoms with Crippen molar-refractivity contribution in [1.29, 1.82) is 0 Å². The fourth-order valence-corrected chi connectivity index (χ4v) is 2.48. The number of benzene rings is 1. The highest BCUT2D eigenvalue weighted by molar-refractivity contribution is 5.73. The van der Waals surface area contributed by atoms with Crippen molar-refractivity contribution in [3.8, 4) is 0 Å². The number of carbonyl (C=O) groups excluding carboxylic acids is 1. The first kappa shape index (κ1) is 15.8. The second-order valence-corrected chi connectivity index (χ2v) is 5.36. The molecule has 21 heavy (non-hydrogen) atoms. The molecule has 1 saturated carbocycles. The predicted octanol–water partition coefficient (Wildman–Crippen LogP) is 3.44. The molecule has 0 bridgehead atoms. The SMILES string of the molecule is O=C(Cc1cccc(C(F)(F)F)c1)OC1(O)CCCCC1. The van der Waals surface area contributed by atoms with Gasteiger partial charge in [0.2, 0.25) is 5.79 Å². The minimum Gasteiger partial charge on any atom is -0.433 e. The van der Waals surface area contributed by atoms with Gasteiger partial charge in [-0.2, -0.15) is 13.2 Å². The van der Waals surface area contributed by atoms with Crippen LogP contribution in [0.2, 0.25) is 0 Å². The van der Waals surface area contributed by atoms with Crippen LogP contribution in [0.5, 0.6) is 0 Å². The number of esters is 1. The van der Waals surface area contributed by atoms with Gasteiger partial charge in [0.05, 0.1) is 12.0 Å². The molecule has 0 atom stereocenters. The molecule has 1 aromatic rings. The van der Waals surface area contributed by atoms with Crippen LogP contribution in [0, 0.1) is 0 Å². The van der Waals surface area contributed by atoms with Gasteiger partial charge in [-0.1, -0.05) is 24.6 Å². The molecular weight excluding hydrogens is 285 g/mol. The van der Waals surface area contributed by atoms with E-state index in [-0.39, 0.29) is 12.0 Å². The smallest absolute Gasteiger partial charge is 0.416 e. The number of aliphatic hydroxyl groups is 1. The third-order valence-corrected chi connectivity index (χ3v) is 3.54. The lowest BCUT2D eigenvalue weighted by Crippen LogP contribution is -2.37. The quantitative estimate of drug-likeness (QED) is 0.687. The van der Waals surface area contributed by atoms with E-state index in [0.29, 0.717) is 12.8 Å². The molecule has 0 unspecified atom stereocenters. The van der Waals surface area contributed by atoms with E-state index in [2.05, 4.69) is 0 Å². The van der Waals surface area contributed by atoms with E-state index in [9.17, 15) is 23.1 Å². The highest BCUT2D eigenvalue weighted by Gasteiger charge is 2.34. The van der Waals surface area contributed by atoms with Gasteiger partial charge in [-0.25, -0.2) is 0 Å². The Bertz CT molecular complexity index is 505. The standard InChI is InChI=1S/C15H17F3O3/c16-15(17,18)12-6-4-5-11(9-12)10-13(19)21-14(20)7-2-1-3-8-14/h4-6,9,20H,1-3,7-8,10H2. The molecule has 0 saturated heterocycles. The number of hydrogen-bond donors (Lipinski definition) is 1. The Labute approximate surface area is 120 Å². The summed E-state index contributed by atoms with van der Waals surface area (Å²) in [7, 11) is 0. The number of hydrogen-bond acceptors (Lipinski definition) is 3. The van der Waals surface area contributed by atoms with Gasteiger partial charge in [0.1, 0.15) is 0 Å². The van der Waals surface area contributed by atoms with E-state index >= 15 is 0 Å². The molecule has 0 heterocycles. The summed E-state index contributed by atoms with van der Waals surface area (Å²) in [6, 6.07) is 4.55. The molecule has 1 aromatic carbocycles. The van der Waals surface area contributed by atoms with E-state index in [1.54, 1.807) is 0 Å². The summed E-state index contributed by atoms with van der Waals surface area (Å²) in [5.41, 5.74) is -0.585. The predicted molar refractivity (Wildman–Crippen MR) is 69.3 cm³/mol. The van der Waals surface area contributed by atoms with Gasteiger partial charge in [-0.05, 0) is 24.5 Å². The minimum absolute atomic E-state index is 0.217. The van der Waals surface area contributed by atoms with Crippen LogP contribution in [0.1, 0.15) is 43.2 Å². The Morgan fingerprint density at radius 1 is 1.24 bits per heavy atom. The van der Waals surface area contributed by atoms with Crippen LogP contribution in [-0.4, -0.2) is 16.9 Å². The Hall–Kier alpha value is -1.56. The average molecular weight is 302 g/mol. The molecule has 6 heteroatoms. The van der Waals surface area contributed by atoms with Crippen LogP contribution in [-0.2, 0) is 22.1 Å². The summed E-state index contributed by atoms with van der Waals surface area (Å²) in [5.74, 6) is -2.17. The van der Waals surface area contributed by atoms with Crippen LogP contribution in [0.3, 0.4) is 0 Å². The third kappa shape index (κ3) is 4.46. The number of ether oxygens (including phenoxy) is 1. The molecule has 2 rings (SSSR count). The Balaban J connectivity index is 1.99. The zero-order valence-electron chi connectivity index (χ0n) is 11.4. The third-order valence-electron chi connectivity index (χ3n) is 3.54. The van der Waals surface area contributed by atoms with Crippen LogP contribution < -0.4 is 0 Å². The van der Waals surface area contributed by atoms with Gasteiger partial charge >= 0.3 is 12.1 Å². The normalized spacial score (nSPS) is 18.3. The molecule has 1 aliphatic rings. The highest BCUT2D eigenvalue weighted by Crippen LogP contribution is 2.31. The molecule has 0 aromatic heterocycles. The van der Waals surface area contributed by atoms with Crippen molar-refractivity contribution in [2.45, 2.75) is 50.5 Å². The number of carbonyl (C=O) groups is 1. The fourth-order valence-electron chi connectivity index (χ4n) is 2.48. The van der Waals surface area contributed by atoms with Crippen molar-refractivity contribution in [2.24, 2.45) is 0 Å². The summed E-state index contributed by atoms with van der Waals surface area (Å²) < 4.78 is 42.8. The maximum atomic E-state index is 12.6. The van der Waals surface area contributed by atoms with Crippen molar-refractivity contribution in [3.63, 3.8) is 0 Å². The van der Waals surface area contributed by atoms with Crippen LogP contribution >= 0.6 is 0 Å². The van der Waals surface area contributed by atoms with E-state index in [1.165, 1.54) is 12.1 Å². The average Bonchev–Trinajstić information content (AvgIpc) is 2.38. The second-order valence-electron chi connectivity index (χ2n) is 5.36. The van der Waals surface area contributed by atoms with Gasteiger partial charge in [-0.15, -0.1) is 0 Å². The minimum atomic E-state index is -4.44. The fraction of sp³-hybridized carbons (Fsp3) is 0.533. The maximum Gasteiger partial charge on any atom is 0.416 e. The van der Waals surface area contributed by atoms with Crippen molar-refractivity contribution in [1.82, 2.24) is 0 Å². The summed E-state index contributed by atoms with van der Waals surface area (Å²) in [5, 5.41) is 10.1. The summed E-state index contributed by atoms with van der Waals surface area (Å²) >= 11 is 0. The molecular formula is C15H17F3O3. The molecule has 1 aliphatic carbocycles. The second kappa shape index (κ2) is 6.05. The molecule has 0 spiro atoms. The maximum absolute atomic E-state index is 12.6. The zero-order chi connectivity index (χ0) is 15.5. The zero-order valence-corrected chi connectivity index (χ0v) is 11.4. The van der Waals surface area contributed by atoms with E-state index in [0.717, 1.165) is 31.4 Å². The van der Waals surface area contributed by atoms with Crippen LogP contribution in [0.25, 0.3) is 0 Å². The molecule has 1 N–H and O–H groups in total. The molecule has 0 radical (unpaired) electrons. The molecule has 0 amide bonds. The number of halogens is 3. The molecule has 1 fully saturated rings. The first-order valence-electron chi connectivity index (χ1n) is 6.89. The summed E-state index contributed by atoms with van der Waals surface area (Å²) in [4.78, 5) is 11.8. The lowest BCUT2D eigenvalue weighted by atomic mass is 9.94. The highest BCUT2D eigenvalue weighted by atomic mass is 19.4. The summed E-state index contributed by atoms with van der Waals surface area (Å²) in [6.07, 6.45) is -1.45. The number of alkyl halides is 3. The Kier molecular flexibility index (Phi) is 4.56. The molecule has 0 aliphatic heterocycles. The van der Waals surface area contributed by atoms with Crippen molar-refractivity contribution in [2.75, 3.05) is 0 Å². The van der Waals surface area contributed by atoms with Gasteiger partial charge in [0.25, 0.3) is 0 Å². The summed E-state index contributed by atoms with van der Waals surface area (Å²) in [6.45, 7) is 0. The monoisotopic (exact) mass is 302 g/mol. The van der Waals surface area contributed by atoms with Crippen molar-refractivity contribution >= 4 is 5.97 Å². The van der Waals surface area contributed by atoms with E-state index in [1.807, 2.05) is 0 Å². The molecule has 116 valence electrons. The topological polar surface area (TPSA) is 46.5 Å². The Morgan fingerprint density at radius 2 is 1.90 bits per heavy atom. The van der Waals surface area contributed by atoms with E-state index < -0.39 is 23.5 Å². The Morgan fingerprint density at radius 3 is 2.52 bits per heavy atom. The van der Waals surface area contributed by atoms with E-state index in [4.69, 9.17) is 4.74 Å². The first-order valence-corrected chi connectivity index (χ1v) is 6.89. The van der Waals surface area contributed by atoms with Gasteiger partial charge in [0.15, 0.2) is 0 Å². The van der Waals surface area contributed by atoms with Gasteiger partial charge < -0.3 is 9.84 Å². The lowest BCUT2D eigenvalue weighted by Gasteiger charge is -2.31.